The van der Waals surface area contributed by atoms with E-state index in [1.54, 1.807) is 0 Å². The third-order valence-electron chi connectivity index (χ3n) is 19.5. The van der Waals surface area contributed by atoms with Gasteiger partial charge in [0, 0.05) is 81.6 Å². The molecule has 0 aliphatic heterocycles. The Labute approximate surface area is 521 Å². The summed E-state index contributed by atoms with van der Waals surface area (Å²) in [5.41, 5.74) is 20.6. The van der Waals surface area contributed by atoms with Crippen LogP contribution in [0.1, 0.15) is 5.56 Å². The van der Waals surface area contributed by atoms with Crippen LogP contribution in [-0.2, 0) is 0 Å². The number of nitrogens with zero attached hydrogens (tertiary/aromatic N) is 7. The van der Waals surface area contributed by atoms with Crippen LogP contribution in [0.3, 0.4) is 0 Å². The largest absolute Gasteiger partial charge is 0.309 e. The first-order valence-corrected chi connectivity index (χ1v) is 31.3. The van der Waals surface area contributed by atoms with E-state index in [0.29, 0.717) is 0 Å². The number of rotatable bonds is 7. The van der Waals surface area contributed by atoms with Crippen LogP contribution in [0.2, 0.25) is 0 Å². The molecule has 0 N–H and O–H groups in total. The Morgan fingerprint density at radius 3 is 0.725 bits per heavy atom. The van der Waals surface area contributed by atoms with E-state index in [4.69, 9.17) is 4.98 Å². The predicted octanol–water partition coefficient (Wildman–Crippen LogP) is 21.6. The number of pyridine rings is 1. The molecule has 7 heteroatoms. The normalized spacial score (nSPS) is 12.2. The highest BCUT2D eigenvalue weighted by molar-refractivity contribution is 6.18. The van der Waals surface area contributed by atoms with Gasteiger partial charge in [0.05, 0.1) is 66.2 Å². The smallest absolute Gasteiger partial charge is 0.165 e. The maximum atomic E-state index is 6.54. The van der Waals surface area contributed by atoms with Gasteiger partial charge in [-0.25, -0.2) is 4.98 Å². The Bertz CT molecular complexity index is 6050. The molecule has 0 aliphatic carbocycles. The van der Waals surface area contributed by atoms with Crippen LogP contribution >= 0.6 is 0 Å². The highest BCUT2D eigenvalue weighted by Crippen LogP contribution is 2.50. The molecule has 0 bridgehead atoms. The number of para-hydroxylation sites is 10. The molecule has 20 rings (SSSR count). The molecule has 13 aromatic carbocycles. The minimum atomic E-state index is 0.800. The Kier molecular flexibility index (Phi) is 10.4. The van der Waals surface area contributed by atoms with E-state index in [1.165, 1.54) is 32.3 Å². The molecule has 0 spiro atoms. The zero-order valence-electron chi connectivity index (χ0n) is 49.5. The molecule has 0 radical (unpaired) electrons. The van der Waals surface area contributed by atoms with Crippen LogP contribution in [0.5, 0.6) is 0 Å². The molecular formula is C84H53N7. The van der Waals surface area contributed by atoms with Gasteiger partial charge in [-0.1, -0.05) is 206 Å². The molecule has 0 unspecified atom stereocenters. The van der Waals surface area contributed by atoms with Crippen molar-refractivity contribution in [2.24, 2.45) is 0 Å². The lowest BCUT2D eigenvalue weighted by molar-refractivity contribution is 0.960. The molecule has 20 aromatic rings. The van der Waals surface area contributed by atoms with Gasteiger partial charge < -0.3 is 18.3 Å². The molecule has 7 aromatic heterocycles. The van der Waals surface area contributed by atoms with Crippen molar-refractivity contribution in [1.29, 1.82) is 0 Å². The number of hydrogen-bond acceptors (Lipinski definition) is 1. The summed E-state index contributed by atoms with van der Waals surface area (Å²) in [6.45, 7) is 2.28. The lowest BCUT2D eigenvalue weighted by atomic mass is 9.96. The summed E-state index contributed by atoms with van der Waals surface area (Å²) < 4.78 is 14.9. The van der Waals surface area contributed by atoms with Crippen molar-refractivity contribution in [2.45, 2.75) is 6.92 Å². The lowest BCUT2D eigenvalue weighted by Crippen LogP contribution is -2.16. The summed E-state index contributed by atoms with van der Waals surface area (Å²) in [7, 11) is 0. The van der Waals surface area contributed by atoms with E-state index in [1.807, 2.05) is 0 Å². The van der Waals surface area contributed by atoms with Gasteiger partial charge in [-0.05, 0) is 115 Å². The van der Waals surface area contributed by atoms with Crippen LogP contribution in [0, 0.1) is 6.92 Å². The summed E-state index contributed by atoms with van der Waals surface area (Å²) in [5, 5.41) is 14.1. The molecule has 0 aliphatic rings. The van der Waals surface area contributed by atoms with Crippen molar-refractivity contribution >= 4 is 131 Å². The van der Waals surface area contributed by atoms with Gasteiger partial charge in [0.15, 0.2) is 11.6 Å². The van der Waals surface area contributed by atoms with Crippen molar-refractivity contribution in [2.75, 3.05) is 0 Å². The summed E-state index contributed by atoms with van der Waals surface area (Å²) in [4.78, 5) is 6.54. The fourth-order valence-corrected chi connectivity index (χ4v) is 15.8. The zero-order valence-corrected chi connectivity index (χ0v) is 49.5. The highest BCUT2D eigenvalue weighted by atomic mass is 15.2. The quantitative estimate of drug-likeness (QED) is 0.157. The van der Waals surface area contributed by atoms with E-state index in [0.717, 1.165) is 150 Å². The van der Waals surface area contributed by atoms with Gasteiger partial charge in [0.1, 0.15) is 11.4 Å². The molecule has 0 fully saturated rings. The molecule has 0 atom stereocenters. The third kappa shape index (κ3) is 6.89. The second kappa shape index (κ2) is 18.9. The average molecular weight is 1160 g/mol. The van der Waals surface area contributed by atoms with Crippen LogP contribution < -0.4 is 0 Å². The van der Waals surface area contributed by atoms with Crippen LogP contribution in [-0.4, -0.2) is 32.4 Å². The molecule has 424 valence electrons. The second-order valence-corrected chi connectivity index (χ2v) is 24.2. The minimum absolute atomic E-state index is 0.800. The molecule has 7 heterocycles. The predicted molar refractivity (Wildman–Crippen MR) is 380 cm³/mol. The number of fused-ring (bicyclic) bond motifs is 18. The zero-order chi connectivity index (χ0) is 59.6. The first-order valence-electron chi connectivity index (χ1n) is 31.3. The fraction of sp³-hybridized carbons (Fsp3) is 0.0119. The Hall–Kier alpha value is -12.2. The second-order valence-electron chi connectivity index (χ2n) is 24.2. The topological polar surface area (TPSA) is 42.5 Å². The maximum absolute atomic E-state index is 6.54. The van der Waals surface area contributed by atoms with E-state index in [-0.39, 0.29) is 0 Å². The molecule has 0 saturated carbocycles. The molecule has 0 saturated heterocycles. The molecule has 0 amide bonds. The fourth-order valence-electron chi connectivity index (χ4n) is 15.8. The Morgan fingerprint density at radius 1 is 0.209 bits per heavy atom. The van der Waals surface area contributed by atoms with Crippen LogP contribution in [0.25, 0.3) is 176 Å². The van der Waals surface area contributed by atoms with Crippen molar-refractivity contribution in [1.82, 2.24) is 32.4 Å². The Balaban J connectivity index is 1.04. The van der Waals surface area contributed by atoms with Crippen molar-refractivity contribution in [3.05, 3.63) is 309 Å². The number of aryl methyl sites for hydroxylation is 1. The van der Waals surface area contributed by atoms with Gasteiger partial charge in [0.2, 0.25) is 0 Å². The highest BCUT2D eigenvalue weighted by Gasteiger charge is 2.33. The summed E-state index contributed by atoms with van der Waals surface area (Å²) in [5.74, 6) is 1.61. The van der Waals surface area contributed by atoms with Crippen molar-refractivity contribution < 1.29 is 0 Å². The van der Waals surface area contributed by atoms with Gasteiger partial charge in [-0.2, -0.15) is 0 Å². The van der Waals surface area contributed by atoms with Gasteiger partial charge in [-0.15, -0.1) is 0 Å². The van der Waals surface area contributed by atoms with E-state index >= 15 is 0 Å². The van der Waals surface area contributed by atoms with E-state index in [2.05, 4.69) is 338 Å². The number of aromatic nitrogens is 7. The van der Waals surface area contributed by atoms with E-state index < -0.39 is 0 Å². The summed E-state index contributed by atoms with van der Waals surface area (Å²) >= 11 is 0. The van der Waals surface area contributed by atoms with Crippen LogP contribution in [0.15, 0.2) is 303 Å². The first kappa shape index (κ1) is 49.9. The molecule has 91 heavy (non-hydrogen) atoms. The summed E-state index contributed by atoms with van der Waals surface area (Å²) in [6.07, 6.45) is 0. The van der Waals surface area contributed by atoms with Gasteiger partial charge in [-0.3, -0.25) is 9.13 Å². The summed E-state index contributed by atoms with van der Waals surface area (Å²) in [6, 6.07) is 112. The van der Waals surface area contributed by atoms with Crippen molar-refractivity contribution in [3.8, 4) is 45.5 Å². The Morgan fingerprint density at radius 2 is 0.440 bits per heavy atom. The molecular weight excluding hydrogens is 1110 g/mol. The average Bonchev–Trinajstić information content (AvgIpc) is 1.61. The standard InChI is InChI=1S/C84H53N7/c1-52-24-2-3-25-55(52)80-81(88-72-40-18-8-30-60(72)61-31-9-19-41-73(61)88)83(90-74-42-20-10-32-62(74)63-33-11-21-43-75(63)90)85-84(91-76-44-22-12-34-64(76)65-35-13-23-45-77(65)91)82(80)89-78-48-46-53(86-68-36-14-4-26-56(68)57-27-5-15-37-69(57)86)50-66(78)67-51-54(47-49-79(67)89)87-70-38-16-6-28-58(70)59-29-7-17-39-71(59)87/h2-51H,1H3. The minimum Gasteiger partial charge on any atom is -0.309 e. The third-order valence-corrected chi connectivity index (χ3v) is 19.5. The number of hydrogen-bond donors (Lipinski definition) is 0. The van der Waals surface area contributed by atoms with E-state index in [9.17, 15) is 0 Å². The number of benzene rings is 13. The molecule has 7 nitrogen and oxygen atoms in total. The monoisotopic (exact) mass is 1160 g/mol. The lowest BCUT2D eigenvalue weighted by Gasteiger charge is -2.27. The van der Waals surface area contributed by atoms with Crippen molar-refractivity contribution in [3.63, 3.8) is 0 Å². The van der Waals surface area contributed by atoms with Gasteiger partial charge >= 0.3 is 0 Å². The maximum Gasteiger partial charge on any atom is 0.165 e. The van der Waals surface area contributed by atoms with Crippen LogP contribution in [0.4, 0.5) is 0 Å². The first-order chi connectivity index (χ1) is 45.1. The SMILES string of the molecule is Cc1ccccc1-c1c(-n2c3ccccc3c3ccccc32)c(-n2c3ccccc3c3ccccc32)nc(-n2c3ccccc3c3ccccc32)c1-n1c2ccc(-n3c4ccccc4c4ccccc43)cc2c2cc(-n3c4ccccc4c4ccccc43)ccc21. The van der Waals surface area contributed by atoms with Gasteiger partial charge in [0.25, 0.3) is 0 Å².